The number of carbonyl (C=O) groups excluding carboxylic acids is 1. The van der Waals surface area contributed by atoms with E-state index in [1.165, 1.54) is 0 Å². The topological polar surface area (TPSA) is 86.8 Å². The van der Waals surface area contributed by atoms with Crippen molar-refractivity contribution >= 4 is 40.2 Å². The van der Waals surface area contributed by atoms with Crippen LogP contribution in [0.25, 0.3) is 22.4 Å². The van der Waals surface area contributed by atoms with Gasteiger partial charge in [-0.3, -0.25) is 4.79 Å². The van der Waals surface area contributed by atoms with Crippen molar-refractivity contribution in [2.45, 2.75) is 12.8 Å². The van der Waals surface area contributed by atoms with Gasteiger partial charge in [0.2, 0.25) is 11.9 Å². The number of aromatic nitrogens is 4. The molecule has 5 rings (SSSR count). The molecule has 31 heavy (non-hydrogen) atoms. The van der Waals surface area contributed by atoms with Gasteiger partial charge in [-0.1, -0.05) is 23.7 Å². The van der Waals surface area contributed by atoms with Gasteiger partial charge in [0.05, 0.1) is 16.1 Å². The Morgan fingerprint density at radius 2 is 1.84 bits per heavy atom. The van der Waals surface area contributed by atoms with Crippen molar-refractivity contribution in [2.24, 2.45) is 5.92 Å². The summed E-state index contributed by atoms with van der Waals surface area (Å²) in [5.41, 5.74) is 3.27. The molecule has 1 aliphatic rings. The van der Waals surface area contributed by atoms with Crippen molar-refractivity contribution in [1.29, 1.82) is 0 Å². The SMILES string of the molecule is O=C(Nc1ccc2nc(-c3ccccc3Cl)[nH]c2c1)C1CCN(c2ncccn2)CC1. The van der Waals surface area contributed by atoms with Crippen LogP contribution in [0.4, 0.5) is 11.6 Å². The molecule has 1 amide bonds. The molecule has 2 aromatic heterocycles. The van der Waals surface area contributed by atoms with Crippen LogP contribution in [0.15, 0.2) is 60.9 Å². The van der Waals surface area contributed by atoms with Crippen LogP contribution in [0.1, 0.15) is 12.8 Å². The lowest BCUT2D eigenvalue weighted by Crippen LogP contribution is -2.39. The zero-order valence-corrected chi connectivity index (χ0v) is 17.5. The highest BCUT2D eigenvalue weighted by Crippen LogP contribution is 2.28. The second-order valence-electron chi connectivity index (χ2n) is 7.60. The number of nitrogens with one attached hydrogen (secondary N) is 2. The third-order valence-electron chi connectivity index (χ3n) is 5.58. The van der Waals surface area contributed by atoms with Crippen molar-refractivity contribution < 1.29 is 4.79 Å². The molecule has 1 fully saturated rings. The smallest absolute Gasteiger partial charge is 0.227 e. The summed E-state index contributed by atoms with van der Waals surface area (Å²) in [7, 11) is 0. The number of piperidine rings is 1. The molecule has 0 radical (unpaired) electrons. The molecule has 8 heteroatoms. The van der Waals surface area contributed by atoms with Gasteiger partial charge in [-0.25, -0.2) is 15.0 Å². The summed E-state index contributed by atoms with van der Waals surface area (Å²) < 4.78 is 0. The van der Waals surface area contributed by atoms with Gasteiger partial charge >= 0.3 is 0 Å². The number of imidazole rings is 1. The Hall–Kier alpha value is -3.45. The highest BCUT2D eigenvalue weighted by atomic mass is 35.5. The Morgan fingerprint density at radius 3 is 2.61 bits per heavy atom. The molecule has 0 spiro atoms. The average molecular weight is 433 g/mol. The molecule has 0 aliphatic carbocycles. The van der Waals surface area contributed by atoms with Crippen LogP contribution in [0.5, 0.6) is 0 Å². The molecule has 2 aromatic carbocycles. The van der Waals surface area contributed by atoms with Gasteiger partial charge in [0.25, 0.3) is 0 Å². The molecular formula is C23H21ClN6O. The van der Waals surface area contributed by atoms with Crippen molar-refractivity contribution in [1.82, 2.24) is 19.9 Å². The number of aromatic amines is 1. The highest BCUT2D eigenvalue weighted by molar-refractivity contribution is 6.33. The van der Waals surface area contributed by atoms with E-state index in [1.54, 1.807) is 18.5 Å². The van der Waals surface area contributed by atoms with E-state index in [1.807, 2.05) is 42.5 Å². The van der Waals surface area contributed by atoms with Crippen LogP contribution in [0.3, 0.4) is 0 Å². The van der Waals surface area contributed by atoms with E-state index < -0.39 is 0 Å². The number of hydrogen-bond acceptors (Lipinski definition) is 5. The van der Waals surface area contributed by atoms with E-state index in [4.69, 9.17) is 11.6 Å². The van der Waals surface area contributed by atoms with Gasteiger partial charge < -0.3 is 15.2 Å². The van der Waals surface area contributed by atoms with Crippen LogP contribution in [-0.4, -0.2) is 38.9 Å². The fourth-order valence-corrected chi connectivity index (χ4v) is 4.13. The lowest BCUT2D eigenvalue weighted by atomic mass is 9.96. The molecule has 0 saturated carbocycles. The molecule has 4 aromatic rings. The number of amides is 1. The summed E-state index contributed by atoms with van der Waals surface area (Å²) in [5, 5.41) is 3.70. The number of rotatable bonds is 4. The van der Waals surface area contributed by atoms with Crippen LogP contribution < -0.4 is 10.2 Å². The van der Waals surface area contributed by atoms with Gasteiger partial charge in [-0.15, -0.1) is 0 Å². The zero-order chi connectivity index (χ0) is 21.2. The average Bonchev–Trinajstić information content (AvgIpc) is 3.23. The number of fused-ring (bicyclic) bond motifs is 1. The molecule has 1 aliphatic heterocycles. The summed E-state index contributed by atoms with van der Waals surface area (Å²) in [6, 6.07) is 15.1. The van der Waals surface area contributed by atoms with E-state index >= 15 is 0 Å². The minimum absolute atomic E-state index is 0.0314. The van der Waals surface area contributed by atoms with Crippen LogP contribution >= 0.6 is 11.6 Å². The van der Waals surface area contributed by atoms with E-state index in [2.05, 4.69) is 30.2 Å². The van der Waals surface area contributed by atoms with Crippen LogP contribution in [0, 0.1) is 5.92 Å². The first-order valence-corrected chi connectivity index (χ1v) is 10.6. The van der Waals surface area contributed by atoms with Crippen molar-refractivity contribution in [3.63, 3.8) is 0 Å². The number of H-pyrrole nitrogens is 1. The number of hydrogen-bond donors (Lipinski definition) is 2. The standard InChI is InChI=1S/C23H21ClN6O/c24-18-5-2-1-4-17(18)21-28-19-7-6-16(14-20(19)29-21)27-22(31)15-8-12-30(13-9-15)23-25-10-3-11-26-23/h1-7,10-11,14-15H,8-9,12-13H2,(H,27,31)(H,28,29). The van der Waals surface area contributed by atoms with Gasteiger partial charge in [-0.05, 0) is 49.2 Å². The summed E-state index contributed by atoms with van der Waals surface area (Å²) in [6.45, 7) is 1.53. The number of halogens is 1. The molecular weight excluding hydrogens is 412 g/mol. The third-order valence-corrected chi connectivity index (χ3v) is 5.91. The highest BCUT2D eigenvalue weighted by Gasteiger charge is 2.26. The molecule has 3 heterocycles. The Balaban J connectivity index is 1.26. The predicted molar refractivity (Wildman–Crippen MR) is 122 cm³/mol. The monoisotopic (exact) mass is 432 g/mol. The molecule has 1 saturated heterocycles. The maximum atomic E-state index is 12.8. The van der Waals surface area contributed by atoms with Crippen molar-refractivity contribution in [3.8, 4) is 11.4 Å². The summed E-state index contributed by atoms with van der Waals surface area (Å²) in [4.78, 5) is 31.4. The lowest BCUT2D eigenvalue weighted by Gasteiger charge is -2.31. The molecule has 7 nitrogen and oxygen atoms in total. The number of carbonyl (C=O) groups is 1. The predicted octanol–water partition coefficient (Wildman–Crippen LogP) is 4.53. The molecule has 156 valence electrons. The number of anilines is 2. The van der Waals surface area contributed by atoms with Crippen molar-refractivity contribution in [3.05, 3.63) is 65.9 Å². The summed E-state index contributed by atoms with van der Waals surface area (Å²) in [5.74, 6) is 1.44. The van der Waals surface area contributed by atoms with E-state index in [-0.39, 0.29) is 11.8 Å². The first-order valence-electron chi connectivity index (χ1n) is 10.2. The maximum absolute atomic E-state index is 12.8. The molecule has 0 bridgehead atoms. The van der Waals surface area contributed by atoms with Gasteiger partial charge in [0.15, 0.2) is 0 Å². The van der Waals surface area contributed by atoms with Crippen LogP contribution in [0.2, 0.25) is 5.02 Å². The molecule has 0 unspecified atom stereocenters. The Kier molecular flexibility index (Phi) is 5.26. The Morgan fingerprint density at radius 1 is 1.06 bits per heavy atom. The fraction of sp³-hybridized carbons (Fsp3) is 0.217. The quantitative estimate of drug-likeness (QED) is 0.494. The van der Waals surface area contributed by atoms with E-state index in [0.29, 0.717) is 10.8 Å². The summed E-state index contributed by atoms with van der Waals surface area (Å²) >= 11 is 6.29. The first kappa shape index (κ1) is 19.5. The molecule has 0 atom stereocenters. The zero-order valence-electron chi connectivity index (χ0n) is 16.8. The normalized spacial score (nSPS) is 14.7. The summed E-state index contributed by atoms with van der Waals surface area (Å²) in [6.07, 6.45) is 5.02. The Bertz CT molecular complexity index is 1220. The van der Waals surface area contributed by atoms with Crippen molar-refractivity contribution in [2.75, 3.05) is 23.3 Å². The molecule has 2 N–H and O–H groups in total. The van der Waals surface area contributed by atoms with Crippen LogP contribution in [-0.2, 0) is 4.79 Å². The third kappa shape index (κ3) is 4.09. The van der Waals surface area contributed by atoms with E-state index in [9.17, 15) is 4.79 Å². The van der Waals surface area contributed by atoms with Gasteiger partial charge in [-0.2, -0.15) is 0 Å². The van der Waals surface area contributed by atoms with Gasteiger partial charge in [0, 0.05) is 42.7 Å². The first-order chi connectivity index (χ1) is 15.2. The second kappa shape index (κ2) is 8.35. The minimum Gasteiger partial charge on any atom is -0.341 e. The van der Waals surface area contributed by atoms with E-state index in [0.717, 1.165) is 54.2 Å². The Labute approximate surface area is 184 Å². The van der Waals surface area contributed by atoms with Gasteiger partial charge in [0.1, 0.15) is 5.82 Å². The second-order valence-corrected chi connectivity index (χ2v) is 8.00. The lowest BCUT2D eigenvalue weighted by molar-refractivity contribution is -0.120. The minimum atomic E-state index is -0.0314. The maximum Gasteiger partial charge on any atom is 0.227 e. The number of benzene rings is 2. The fourth-order valence-electron chi connectivity index (χ4n) is 3.91. The largest absolute Gasteiger partial charge is 0.341 e. The number of nitrogens with zero attached hydrogens (tertiary/aromatic N) is 4.